The van der Waals surface area contributed by atoms with Gasteiger partial charge in [0.25, 0.3) is 0 Å². The Hall–Kier alpha value is -0.890. The molecule has 0 saturated heterocycles. The standard InChI is InChI=1S/C21H31NO/c1-20-11-8-19-17(18(20)6-4-14(20)9-12-22)5-3-15-13-16(23)7-10-21(15,19)2/h3,5,13-14,17-19H,4,6-12,22H2,1-2H3/t14-,17?,18?,19?,20-,21+/m1/s1. The summed E-state index contributed by atoms with van der Waals surface area (Å²) >= 11 is 0. The maximum absolute atomic E-state index is 11.8. The van der Waals surface area contributed by atoms with Crippen LogP contribution in [0.15, 0.2) is 23.8 Å². The van der Waals surface area contributed by atoms with E-state index in [1.807, 2.05) is 6.08 Å². The lowest BCUT2D eigenvalue weighted by molar-refractivity contribution is -0.116. The lowest BCUT2D eigenvalue weighted by atomic mass is 9.48. The Morgan fingerprint density at radius 1 is 1.17 bits per heavy atom. The number of ketones is 1. The molecule has 2 N–H and O–H groups in total. The number of allylic oxidation sites excluding steroid dienone is 4. The Balaban J connectivity index is 1.68. The van der Waals surface area contributed by atoms with Gasteiger partial charge < -0.3 is 5.73 Å². The number of carbonyl (C=O) groups excluding carboxylic acids is 1. The molecule has 6 atom stereocenters. The second kappa shape index (κ2) is 5.31. The number of carbonyl (C=O) groups is 1. The summed E-state index contributed by atoms with van der Waals surface area (Å²) < 4.78 is 0. The summed E-state index contributed by atoms with van der Waals surface area (Å²) in [5.74, 6) is 3.42. The van der Waals surface area contributed by atoms with Crippen LogP contribution in [0.2, 0.25) is 0 Å². The van der Waals surface area contributed by atoms with E-state index in [1.54, 1.807) is 0 Å². The maximum atomic E-state index is 11.8. The van der Waals surface area contributed by atoms with Crippen molar-refractivity contribution in [1.82, 2.24) is 0 Å². The SMILES string of the molecule is C[C@]12CCC(=O)C=C1C=CC1C2CC[C@@]2(C)C1CC[C@@H]2CCN. The fraction of sp³-hybridized carbons (Fsp3) is 0.762. The second-order valence-corrected chi connectivity index (χ2v) is 9.03. The molecule has 0 aliphatic heterocycles. The van der Waals surface area contributed by atoms with E-state index in [0.717, 1.165) is 37.1 Å². The van der Waals surface area contributed by atoms with E-state index in [2.05, 4.69) is 26.0 Å². The number of hydrogen-bond donors (Lipinski definition) is 1. The summed E-state index contributed by atoms with van der Waals surface area (Å²) in [4.78, 5) is 11.8. The third-order valence-corrected chi connectivity index (χ3v) is 8.23. The van der Waals surface area contributed by atoms with Crippen molar-refractivity contribution < 1.29 is 4.79 Å². The van der Waals surface area contributed by atoms with Gasteiger partial charge in [-0.2, -0.15) is 0 Å². The van der Waals surface area contributed by atoms with Crippen molar-refractivity contribution in [3.05, 3.63) is 23.8 Å². The molecule has 0 aromatic carbocycles. The molecule has 4 aliphatic rings. The van der Waals surface area contributed by atoms with Crippen molar-refractivity contribution in [1.29, 1.82) is 0 Å². The van der Waals surface area contributed by atoms with E-state index >= 15 is 0 Å². The van der Waals surface area contributed by atoms with Gasteiger partial charge >= 0.3 is 0 Å². The van der Waals surface area contributed by atoms with E-state index in [9.17, 15) is 4.79 Å². The lowest BCUT2D eigenvalue weighted by Gasteiger charge is -2.56. The highest BCUT2D eigenvalue weighted by atomic mass is 16.1. The first kappa shape index (κ1) is 15.6. The van der Waals surface area contributed by atoms with Crippen LogP contribution in [-0.4, -0.2) is 12.3 Å². The predicted molar refractivity (Wildman–Crippen MR) is 93.8 cm³/mol. The monoisotopic (exact) mass is 313 g/mol. The van der Waals surface area contributed by atoms with E-state index in [-0.39, 0.29) is 5.41 Å². The molecule has 0 aromatic heterocycles. The van der Waals surface area contributed by atoms with Crippen LogP contribution in [-0.2, 0) is 4.79 Å². The highest BCUT2D eigenvalue weighted by molar-refractivity contribution is 5.92. The summed E-state index contributed by atoms with van der Waals surface area (Å²) in [6, 6.07) is 0. The Labute approximate surface area is 140 Å². The molecule has 2 heteroatoms. The van der Waals surface area contributed by atoms with Crippen LogP contribution in [0.5, 0.6) is 0 Å². The van der Waals surface area contributed by atoms with E-state index in [0.29, 0.717) is 17.1 Å². The van der Waals surface area contributed by atoms with Crippen molar-refractivity contribution in [3.8, 4) is 0 Å². The molecule has 2 fully saturated rings. The van der Waals surface area contributed by atoms with Gasteiger partial charge in [0.15, 0.2) is 5.78 Å². The van der Waals surface area contributed by atoms with Crippen LogP contribution in [0, 0.1) is 34.5 Å². The Kier molecular flexibility index (Phi) is 3.61. The average Bonchev–Trinajstić information content (AvgIpc) is 2.85. The van der Waals surface area contributed by atoms with E-state index in [4.69, 9.17) is 5.73 Å². The van der Waals surface area contributed by atoms with Crippen molar-refractivity contribution in [2.45, 2.75) is 58.8 Å². The number of fused-ring (bicyclic) bond motifs is 5. The van der Waals surface area contributed by atoms with Crippen LogP contribution in [0.1, 0.15) is 58.8 Å². The Bertz CT molecular complexity index is 576. The topological polar surface area (TPSA) is 43.1 Å². The molecule has 0 spiro atoms. The van der Waals surface area contributed by atoms with Crippen LogP contribution in [0.25, 0.3) is 0 Å². The van der Waals surface area contributed by atoms with Gasteiger partial charge in [0.05, 0.1) is 0 Å². The molecular weight excluding hydrogens is 282 g/mol. The number of hydrogen-bond acceptors (Lipinski definition) is 2. The van der Waals surface area contributed by atoms with E-state index in [1.165, 1.54) is 37.7 Å². The molecule has 0 bridgehead atoms. The van der Waals surface area contributed by atoms with Crippen LogP contribution >= 0.6 is 0 Å². The van der Waals surface area contributed by atoms with Crippen LogP contribution < -0.4 is 5.73 Å². The number of nitrogens with two attached hydrogens (primary N) is 1. The van der Waals surface area contributed by atoms with Crippen LogP contribution in [0.3, 0.4) is 0 Å². The zero-order valence-electron chi connectivity index (χ0n) is 14.7. The van der Waals surface area contributed by atoms with Gasteiger partial charge in [-0.25, -0.2) is 0 Å². The van der Waals surface area contributed by atoms with Gasteiger partial charge in [-0.3, -0.25) is 4.79 Å². The van der Waals surface area contributed by atoms with Gasteiger partial charge in [-0.05, 0) is 91.2 Å². The zero-order valence-corrected chi connectivity index (χ0v) is 14.7. The summed E-state index contributed by atoms with van der Waals surface area (Å²) in [6.45, 7) is 5.82. The first-order chi connectivity index (χ1) is 11.0. The molecular formula is C21H31NO. The summed E-state index contributed by atoms with van der Waals surface area (Å²) in [5.41, 5.74) is 7.93. The Morgan fingerprint density at radius 2 is 2.00 bits per heavy atom. The third kappa shape index (κ3) is 2.13. The molecule has 126 valence electrons. The van der Waals surface area contributed by atoms with Crippen molar-refractivity contribution in [2.75, 3.05) is 6.54 Å². The molecule has 2 nitrogen and oxygen atoms in total. The fourth-order valence-electron chi connectivity index (χ4n) is 6.78. The third-order valence-electron chi connectivity index (χ3n) is 8.23. The molecule has 23 heavy (non-hydrogen) atoms. The zero-order chi connectivity index (χ0) is 16.2. The molecule has 2 saturated carbocycles. The van der Waals surface area contributed by atoms with Gasteiger partial charge in [-0.15, -0.1) is 0 Å². The summed E-state index contributed by atoms with van der Waals surface area (Å²) in [6.07, 6.45) is 15.1. The minimum absolute atomic E-state index is 0.237. The molecule has 0 aromatic rings. The molecule has 4 aliphatic carbocycles. The van der Waals surface area contributed by atoms with Gasteiger partial charge in [0.2, 0.25) is 0 Å². The van der Waals surface area contributed by atoms with Crippen molar-refractivity contribution in [2.24, 2.45) is 40.2 Å². The van der Waals surface area contributed by atoms with Crippen molar-refractivity contribution in [3.63, 3.8) is 0 Å². The normalized spacial score (nSPS) is 48.5. The molecule has 4 rings (SSSR count). The highest BCUT2D eigenvalue weighted by Crippen LogP contribution is 2.65. The van der Waals surface area contributed by atoms with Gasteiger partial charge in [0.1, 0.15) is 0 Å². The minimum atomic E-state index is 0.237. The fourth-order valence-corrected chi connectivity index (χ4v) is 6.78. The van der Waals surface area contributed by atoms with Crippen LogP contribution in [0.4, 0.5) is 0 Å². The smallest absolute Gasteiger partial charge is 0.156 e. The molecule has 0 amide bonds. The summed E-state index contributed by atoms with van der Waals surface area (Å²) in [5, 5.41) is 0. The Morgan fingerprint density at radius 3 is 2.78 bits per heavy atom. The van der Waals surface area contributed by atoms with Crippen molar-refractivity contribution >= 4 is 5.78 Å². The van der Waals surface area contributed by atoms with E-state index < -0.39 is 0 Å². The predicted octanol–water partition coefficient (Wildman–Crippen LogP) is 4.26. The van der Waals surface area contributed by atoms with Gasteiger partial charge in [-0.1, -0.05) is 26.0 Å². The maximum Gasteiger partial charge on any atom is 0.156 e. The highest BCUT2D eigenvalue weighted by Gasteiger charge is 2.57. The first-order valence-corrected chi connectivity index (χ1v) is 9.62. The molecule has 0 radical (unpaired) electrons. The molecule has 3 unspecified atom stereocenters. The van der Waals surface area contributed by atoms with Gasteiger partial charge in [0, 0.05) is 6.42 Å². The first-order valence-electron chi connectivity index (χ1n) is 9.62. The summed E-state index contributed by atoms with van der Waals surface area (Å²) in [7, 11) is 0. The molecule has 0 heterocycles. The minimum Gasteiger partial charge on any atom is -0.330 e. The second-order valence-electron chi connectivity index (χ2n) is 9.03. The number of rotatable bonds is 2. The largest absolute Gasteiger partial charge is 0.330 e. The lowest BCUT2D eigenvalue weighted by Crippen LogP contribution is -2.49. The quantitative estimate of drug-likeness (QED) is 0.827. The average molecular weight is 313 g/mol.